The normalized spacial score (nSPS) is 17.2. The predicted octanol–water partition coefficient (Wildman–Crippen LogP) is 1.73. The number of hydrogen-bond acceptors (Lipinski definition) is 5. The van der Waals surface area contributed by atoms with Gasteiger partial charge in [0.05, 0.1) is 10.7 Å². The number of halogens is 3. The van der Waals surface area contributed by atoms with Crippen LogP contribution in [0.2, 0.25) is 5.02 Å². The van der Waals surface area contributed by atoms with Gasteiger partial charge in [0.1, 0.15) is 23.4 Å². The highest BCUT2D eigenvalue weighted by molar-refractivity contribution is 6.30. The molecule has 0 saturated heterocycles. The molecule has 1 aromatic heterocycles. The number of nitrogens with zero attached hydrogens (tertiary/aromatic N) is 3. The molecule has 31 heavy (non-hydrogen) atoms. The van der Waals surface area contributed by atoms with Crippen LogP contribution in [0.15, 0.2) is 16.9 Å². The van der Waals surface area contributed by atoms with E-state index in [1.807, 2.05) is 6.92 Å². The lowest BCUT2D eigenvalue weighted by molar-refractivity contribution is 0.0635. The zero-order valence-electron chi connectivity index (χ0n) is 16.7. The van der Waals surface area contributed by atoms with Crippen molar-refractivity contribution in [2.45, 2.75) is 32.5 Å². The van der Waals surface area contributed by atoms with E-state index < -0.39 is 46.7 Å². The van der Waals surface area contributed by atoms with E-state index in [0.29, 0.717) is 13.0 Å². The van der Waals surface area contributed by atoms with Gasteiger partial charge < -0.3 is 15.3 Å². The highest BCUT2D eigenvalue weighted by Crippen LogP contribution is 2.31. The Morgan fingerprint density at radius 3 is 2.71 bits per heavy atom. The van der Waals surface area contributed by atoms with Gasteiger partial charge in [0, 0.05) is 32.1 Å². The molecular weight excluding hydrogens is 434 g/mol. The van der Waals surface area contributed by atoms with Gasteiger partial charge in [0.2, 0.25) is 5.43 Å². The summed E-state index contributed by atoms with van der Waals surface area (Å²) >= 11 is 5.67. The van der Waals surface area contributed by atoms with E-state index in [4.69, 9.17) is 11.6 Å². The van der Waals surface area contributed by atoms with E-state index >= 15 is 0 Å². The first kappa shape index (κ1) is 21.1. The Hall–Kier alpha value is -3.14. The standard InChI is InChI=1S/C20H19ClF2N4O4/c1-3-13-25(2)20(31)16-18(29)17(28)14(12-6-7-26(13)27(12)16)19(30)24-8-9-11(22)5-4-10(21)15(9)23/h4-5,13,29H,3,6-8H2,1-2H3,(H,24,30). The van der Waals surface area contributed by atoms with Crippen LogP contribution in [0.5, 0.6) is 5.75 Å². The second-order valence-corrected chi connectivity index (χ2v) is 7.79. The Morgan fingerprint density at radius 1 is 1.32 bits per heavy atom. The Balaban J connectivity index is 1.76. The largest absolute Gasteiger partial charge is 0.502 e. The number of rotatable bonds is 4. The molecule has 2 aromatic rings. The predicted molar refractivity (Wildman–Crippen MR) is 108 cm³/mol. The van der Waals surface area contributed by atoms with Crippen LogP contribution in [0.25, 0.3) is 0 Å². The summed E-state index contributed by atoms with van der Waals surface area (Å²) in [4.78, 5) is 39.9. The molecule has 0 bridgehead atoms. The van der Waals surface area contributed by atoms with Crippen LogP contribution in [-0.4, -0.2) is 46.3 Å². The molecule has 2 aliphatic heterocycles. The van der Waals surface area contributed by atoms with Crippen molar-refractivity contribution >= 4 is 23.4 Å². The molecule has 0 fully saturated rings. The molecule has 0 aliphatic carbocycles. The zero-order chi connectivity index (χ0) is 22.6. The maximum absolute atomic E-state index is 14.1. The molecule has 0 spiro atoms. The van der Waals surface area contributed by atoms with Gasteiger partial charge in [0.25, 0.3) is 11.8 Å². The molecule has 1 atom stereocenters. The van der Waals surface area contributed by atoms with E-state index in [9.17, 15) is 28.3 Å². The number of aromatic nitrogens is 1. The summed E-state index contributed by atoms with van der Waals surface area (Å²) in [6.45, 7) is 1.76. The number of aromatic hydroxyl groups is 1. The summed E-state index contributed by atoms with van der Waals surface area (Å²) in [5.74, 6) is -4.20. The van der Waals surface area contributed by atoms with Gasteiger partial charge in [0.15, 0.2) is 11.4 Å². The second-order valence-electron chi connectivity index (χ2n) is 7.38. The number of hydrogen-bond donors (Lipinski definition) is 2. The van der Waals surface area contributed by atoms with Crippen molar-refractivity contribution in [2.24, 2.45) is 0 Å². The third kappa shape index (κ3) is 3.04. The average Bonchev–Trinajstić information content (AvgIpc) is 3.15. The molecule has 2 aliphatic rings. The fourth-order valence-electron chi connectivity index (χ4n) is 4.22. The van der Waals surface area contributed by atoms with Crippen LogP contribution < -0.4 is 15.8 Å². The summed E-state index contributed by atoms with van der Waals surface area (Å²) in [5, 5.41) is 14.3. The zero-order valence-corrected chi connectivity index (χ0v) is 17.5. The number of nitrogens with one attached hydrogen (secondary N) is 1. The Kier molecular flexibility index (Phi) is 5.12. The molecule has 0 saturated carbocycles. The molecule has 2 amide bonds. The van der Waals surface area contributed by atoms with Gasteiger partial charge in [-0.2, -0.15) is 0 Å². The van der Waals surface area contributed by atoms with Gasteiger partial charge in [-0.15, -0.1) is 0 Å². The van der Waals surface area contributed by atoms with Crippen molar-refractivity contribution in [2.75, 3.05) is 18.6 Å². The summed E-state index contributed by atoms with van der Waals surface area (Å²) in [5.41, 5.74) is -1.76. The first-order chi connectivity index (χ1) is 14.7. The SMILES string of the molecule is CCC1N(C)C(=O)c2c(O)c(=O)c(C(=O)NCc3c(F)ccc(Cl)c3F)c3n2N1CC3. The van der Waals surface area contributed by atoms with E-state index in [1.165, 1.54) is 9.58 Å². The maximum Gasteiger partial charge on any atom is 0.277 e. The summed E-state index contributed by atoms with van der Waals surface area (Å²) < 4.78 is 29.5. The third-order valence-electron chi connectivity index (χ3n) is 5.73. The number of amides is 2. The van der Waals surface area contributed by atoms with Gasteiger partial charge in [-0.1, -0.05) is 18.5 Å². The summed E-state index contributed by atoms with van der Waals surface area (Å²) in [7, 11) is 1.58. The molecule has 0 radical (unpaired) electrons. The highest BCUT2D eigenvalue weighted by atomic mass is 35.5. The van der Waals surface area contributed by atoms with E-state index in [2.05, 4.69) is 5.32 Å². The number of carbonyl (C=O) groups is 2. The maximum atomic E-state index is 14.1. The van der Waals surface area contributed by atoms with E-state index in [-0.39, 0.29) is 34.6 Å². The molecule has 164 valence electrons. The highest BCUT2D eigenvalue weighted by Gasteiger charge is 2.43. The molecule has 2 N–H and O–H groups in total. The topological polar surface area (TPSA) is 94.9 Å². The first-order valence-electron chi connectivity index (χ1n) is 9.64. The Labute approximate surface area is 180 Å². The molecule has 1 aromatic carbocycles. The lowest BCUT2D eigenvalue weighted by atomic mass is 10.1. The van der Waals surface area contributed by atoms with Gasteiger partial charge in [-0.25, -0.2) is 8.78 Å². The number of carbonyl (C=O) groups excluding carboxylic acids is 2. The Bertz CT molecular complexity index is 1180. The third-order valence-corrected chi connectivity index (χ3v) is 6.02. The molecular formula is C20H19ClF2N4O4. The summed E-state index contributed by atoms with van der Waals surface area (Å²) in [6.07, 6.45) is 0.555. The fraction of sp³-hybridized carbons (Fsp3) is 0.350. The number of pyridine rings is 1. The minimum atomic E-state index is -1.01. The number of benzene rings is 1. The van der Waals surface area contributed by atoms with Crippen LogP contribution in [-0.2, 0) is 13.0 Å². The average molecular weight is 453 g/mol. The minimum absolute atomic E-state index is 0.201. The van der Waals surface area contributed by atoms with Crippen molar-refractivity contribution in [3.63, 3.8) is 0 Å². The van der Waals surface area contributed by atoms with Crippen LogP contribution >= 0.6 is 11.6 Å². The van der Waals surface area contributed by atoms with Crippen LogP contribution in [0.4, 0.5) is 8.78 Å². The monoisotopic (exact) mass is 452 g/mol. The summed E-state index contributed by atoms with van der Waals surface area (Å²) in [6, 6.07) is 2.02. The molecule has 11 heteroatoms. The van der Waals surface area contributed by atoms with Crippen molar-refractivity contribution in [1.82, 2.24) is 14.9 Å². The van der Waals surface area contributed by atoms with E-state index in [0.717, 1.165) is 12.1 Å². The molecule has 4 rings (SSSR count). The second kappa shape index (κ2) is 7.52. The first-order valence-corrected chi connectivity index (χ1v) is 10.0. The van der Waals surface area contributed by atoms with Crippen LogP contribution in [0.3, 0.4) is 0 Å². The lowest BCUT2D eigenvalue weighted by Crippen LogP contribution is -2.58. The van der Waals surface area contributed by atoms with Crippen molar-refractivity contribution in [1.29, 1.82) is 0 Å². The fourth-order valence-corrected chi connectivity index (χ4v) is 4.39. The smallest absolute Gasteiger partial charge is 0.277 e. The van der Waals surface area contributed by atoms with Crippen molar-refractivity contribution in [3.05, 3.63) is 61.5 Å². The van der Waals surface area contributed by atoms with Crippen LogP contribution in [0, 0.1) is 11.6 Å². The van der Waals surface area contributed by atoms with Crippen LogP contribution in [0.1, 0.15) is 45.4 Å². The molecule has 1 unspecified atom stereocenters. The lowest BCUT2D eigenvalue weighted by Gasteiger charge is -2.42. The Morgan fingerprint density at radius 2 is 2.03 bits per heavy atom. The van der Waals surface area contributed by atoms with Gasteiger partial charge in [-0.05, 0) is 18.6 Å². The minimum Gasteiger partial charge on any atom is -0.502 e. The van der Waals surface area contributed by atoms with E-state index in [1.54, 1.807) is 12.1 Å². The molecule has 8 nitrogen and oxygen atoms in total. The quantitative estimate of drug-likeness (QED) is 0.689. The van der Waals surface area contributed by atoms with Gasteiger partial charge >= 0.3 is 0 Å². The molecule has 3 heterocycles. The van der Waals surface area contributed by atoms with Crippen molar-refractivity contribution < 1.29 is 23.5 Å². The van der Waals surface area contributed by atoms with Crippen molar-refractivity contribution in [3.8, 4) is 5.75 Å². The van der Waals surface area contributed by atoms with Gasteiger partial charge in [-0.3, -0.25) is 24.1 Å².